The Morgan fingerprint density at radius 3 is 2.77 bits per heavy atom. The van der Waals surface area contributed by atoms with E-state index in [-0.39, 0.29) is 5.28 Å². The van der Waals surface area contributed by atoms with Crippen LogP contribution in [0.2, 0.25) is 5.28 Å². The summed E-state index contributed by atoms with van der Waals surface area (Å²) < 4.78 is 7.26. The molecule has 0 amide bonds. The molecule has 0 saturated carbocycles. The predicted molar refractivity (Wildman–Crippen MR) is 85.0 cm³/mol. The maximum atomic E-state index is 10.0. The second kappa shape index (κ2) is 5.74. The summed E-state index contributed by atoms with van der Waals surface area (Å²) in [5.41, 5.74) is 0.815. The number of aromatic nitrogens is 3. The quantitative estimate of drug-likeness (QED) is 0.733. The fourth-order valence-corrected chi connectivity index (χ4v) is 2.71. The van der Waals surface area contributed by atoms with Gasteiger partial charge < -0.3 is 14.1 Å². The minimum atomic E-state index is -0.822. The molecular formula is C16H18ClN3O2. The molecule has 0 saturated heterocycles. The molecule has 0 radical (unpaired) electrons. The Bertz CT molecular complexity index is 773. The van der Waals surface area contributed by atoms with E-state index in [1.54, 1.807) is 20.1 Å². The van der Waals surface area contributed by atoms with Gasteiger partial charge in [-0.05, 0) is 50.1 Å². The van der Waals surface area contributed by atoms with E-state index in [0.717, 1.165) is 35.3 Å². The highest BCUT2D eigenvalue weighted by Gasteiger charge is 2.17. The Morgan fingerprint density at radius 1 is 1.27 bits per heavy atom. The van der Waals surface area contributed by atoms with Crippen molar-refractivity contribution >= 4 is 22.6 Å². The van der Waals surface area contributed by atoms with Crippen molar-refractivity contribution in [3.63, 3.8) is 0 Å². The zero-order chi connectivity index (χ0) is 15.7. The van der Waals surface area contributed by atoms with Crippen LogP contribution in [-0.2, 0) is 19.4 Å². The van der Waals surface area contributed by atoms with E-state index in [4.69, 9.17) is 16.0 Å². The van der Waals surface area contributed by atoms with E-state index in [9.17, 15) is 5.11 Å². The molecule has 5 nitrogen and oxygen atoms in total. The first-order valence-electron chi connectivity index (χ1n) is 7.18. The van der Waals surface area contributed by atoms with Crippen LogP contribution in [0.3, 0.4) is 0 Å². The zero-order valence-electron chi connectivity index (χ0n) is 12.6. The number of halogens is 1. The Morgan fingerprint density at radius 2 is 2.09 bits per heavy atom. The molecular weight excluding hydrogens is 302 g/mol. The highest BCUT2D eigenvalue weighted by atomic mass is 35.5. The summed E-state index contributed by atoms with van der Waals surface area (Å²) in [6.45, 7) is 3.97. The summed E-state index contributed by atoms with van der Waals surface area (Å²) in [5.74, 6) is 0.916. The number of rotatable bonds is 5. The molecule has 0 spiro atoms. The molecule has 3 heterocycles. The number of furan rings is 1. The van der Waals surface area contributed by atoms with Crippen molar-refractivity contribution in [3.8, 4) is 0 Å². The molecule has 116 valence electrons. The largest absolute Gasteiger partial charge is 0.469 e. The van der Waals surface area contributed by atoms with Crippen molar-refractivity contribution in [2.75, 3.05) is 0 Å². The maximum Gasteiger partial charge on any atom is 0.224 e. The summed E-state index contributed by atoms with van der Waals surface area (Å²) >= 11 is 6.06. The zero-order valence-corrected chi connectivity index (χ0v) is 13.3. The van der Waals surface area contributed by atoms with Crippen LogP contribution in [-0.4, -0.2) is 25.2 Å². The first-order chi connectivity index (χ1) is 10.4. The van der Waals surface area contributed by atoms with Gasteiger partial charge in [-0.15, -0.1) is 0 Å². The third-order valence-corrected chi connectivity index (χ3v) is 3.58. The Kier molecular flexibility index (Phi) is 3.93. The topological polar surface area (TPSA) is 64.1 Å². The Labute approximate surface area is 133 Å². The van der Waals surface area contributed by atoms with Gasteiger partial charge in [0.2, 0.25) is 5.28 Å². The molecule has 0 atom stereocenters. The lowest BCUT2D eigenvalue weighted by atomic mass is 10.1. The monoisotopic (exact) mass is 319 g/mol. The summed E-state index contributed by atoms with van der Waals surface area (Å²) in [6.07, 6.45) is 5.05. The van der Waals surface area contributed by atoms with Crippen molar-refractivity contribution in [2.45, 2.75) is 38.8 Å². The number of fused-ring (bicyclic) bond motifs is 1. The standard InChI is InChI=1S/C16H18ClN3O2/c1-16(2,21)10-20-8-7-12-13(18-15(17)19-14(12)20)6-5-11-4-3-9-22-11/h3-4,7-9,21H,5-6,10H2,1-2H3. The van der Waals surface area contributed by atoms with Crippen LogP contribution in [0.1, 0.15) is 25.3 Å². The van der Waals surface area contributed by atoms with Gasteiger partial charge in [0.05, 0.1) is 24.1 Å². The number of aliphatic hydroxyl groups is 1. The lowest BCUT2D eigenvalue weighted by Gasteiger charge is -2.18. The molecule has 22 heavy (non-hydrogen) atoms. The number of nitrogens with zero attached hydrogens (tertiary/aromatic N) is 3. The van der Waals surface area contributed by atoms with Crippen molar-refractivity contribution < 1.29 is 9.52 Å². The summed E-state index contributed by atoms with van der Waals surface area (Å²) in [4.78, 5) is 8.66. The molecule has 0 aliphatic carbocycles. The molecule has 1 N–H and O–H groups in total. The van der Waals surface area contributed by atoms with Gasteiger partial charge in [-0.2, -0.15) is 4.98 Å². The SMILES string of the molecule is CC(C)(O)Cn1ccc2c(CCc3ccco3)nc(Cl)nc21. The van der Waals surface area contributed by atoms with Crippen molar-refractivity contribution in [1.29, 1.82) is 0 Å². The van der Waals surface area contributed by atoms with Crippen LogP contribution < -0.4 is 0 Å². The molecule has 3 aromatic rings. The lowest BCUT2D eigenvalue weighted by molar-refractivity contribution is 0.0627. The van der Waals surface area contributed by atoms with E-state index < -0.39 is 5.60 Å². The molecule has 0 aliphatic heterocycles. The van der Waals surface area contributed by atoms with Crippen LogP contribution in [0.25, 0.3) is 11.0 Å². The van der Waals surface area contributed by atoms with Gasteiger partial charge in [0, 0.05) is 18.0 Å². The second-order valence-electron chi connectivity index (χ2n) is 6.01. The first-order valence-corrected chi connectivity index (χ1v) is 7.56. The van der Waals surface area contributed by atoms with Crippen molar-refractivity contribution in [3.05, 3.63) is 47.4 Å². The lowest BCUT2D eigenvalue weighted by Crippen LogP contribution is -2.25. The van der Waals surface area contributed by atoms with Gasteiger partial charge in [-0.3, -0.25) is 0 Å². The fraction of sp³-hybridized carbons (Fsp3) is 0.375. The number of hydrogen-bond donors (Lipinski definition) is 1. The minimum absolute atomic E-state index is 0.220. The first kappa shape index (κ1) is 15.1. The van der Waals surface area contributed by atoms with Crippen molar-refractivity contribution in [2.24, 2.45) is 0 Å². The third kappa shape index (κ3) is 3.31. The van der Waals surface area contributed by atoms with Gasteiger partial charge in [0.15, 0.2) is 0 Å². The smallest absolute Gasteiger partial charge is 0.224 e. The van der Waals surface area contributed by atoms with E-state index in [1.165, 1.54) is 0 Å². The van der Waals surface area contributed by atoms with E-state index >= 15 is 0 Å². The molecule has 3 aromatic heterocycles. The molecule has 0 aromatic carbocycles. The number of hydrogen-bond acceptors (Lipinski definition) is 4. The molecule has 0 fully saturated rings. The normalized spacial score (nSPS) is 12.2. The predicted octanol–water partition coefficient (Wildman–Crippen LogP) is 3.23. The summed E-state index contributed by atoms with van der Waals surface area (Å²) in [6, 6.07) is 5.78. The molecule has 6 heteroatoms. The molecule has 3 rings (SSSR count). The van der Waals surface area contributed by atoms with Gasteiger partial charge in [-0.25, -0.2) is 4.98 Å². The van der Waals surface area contributed by atoms with Gasteiger partial charge in [0.25, 0.3) is 0 Å². The minimum Gasteiger partial charge on any atom is -0.469 e. The Balaban J connectivity index is 1.93. The van der Waals surface area contributed by atoms with Crippen LogP contribution >= 0.6 is 11.6 Å². The third-order valence-electron chi connectivity index (χ3n) is 3.42. The van der Waals surface area contributed by atoms with Crippen LogP contribution in [0.5, 0.6) is 0 Å². The average molecular weight is 320 g/mol. The molecule has 0 unspecified atom stereocenters. The maximum absolute atomic E-state index is 10.0. The number of aryl methyl sites for hydroxylation is 2. The van der Waals surface area contributed by atoms with Gasteiger partial charge in [0.1, 0.15) is 11.4 Å². The Hall–Kier alpha value is -1.85. The fourth-order valence-electron chi connectivity index (χ4n) is 2.53. The van der Waals surface area contributed by atoms with Crippen molar-refractivity contribution in [1.82, 2.24) is 14.5 Å². The second-order valence-corrected chi connectivity index (χ2v) is 6.35. The van der Waals surface area contributed by atoms with Gasteiger partial charge >= 0.3 is 0 Å². The van der Waals surface area contributed by atoms with Crippen LogP contribution in [0.4, 0.5) is 0 Å². The molecule has 0 aliphatic rings. The average Bonchev–Trinajstić information content (AvgIpc) is 3.05. The van der Waals surface area contributed by atoms with Gasteiger partial charge in [-0.1, -0.05) is 0 Å². The van der Waals surface area contributed by atoms with E-state index in [2.05, 4.69) is 9.97 Å². The summed E-state index contributed by atoms with van der Waals surface area (Å²) in [7, 11) is 0. The highest BCUT2D eigenvalue weighted by molar-refractivity contribution is 6.28. The summed E-state index contributed by atoms with van der Waals surface area (Å²) in [5, 5.41) is 11.2. The highest BCUT2D eigenvalue weighted by Crippen LogP contribution is 2.22. The van der Waals surface area contributed by atoms with E-state index in [0.29, 0.717) is 6.54 Å². The molecule has 0 bridgehead atoms. The van der Waals surface area contributed by atoms with Crippen LogP contribution in [0.15, 0.2) is 35.1 Å². The van der Waals surface area contributed by atoms with E-state index in [1.807, 2.05) is 29.0 Å². The van der Waals surface area contributed by atoms with Crippen LogP contribution in [0, 0.1) is 0 Å².